The molecule has 1 aromatic rings. The highest BCUT2D eigenvalue weighted by atomic mass is 16.6. The summed E-state index contributed by atoms with van der Waals surface area (Å²) in [6.45, 7) is 5.83. The number of carbonyl (C=O) groups is 1. The topological polar surface area (TPSA) is 88.4 Å². The fourth-order valence-electron chi connectivity index (χ4n) is 1.56. The lowest BCUT2D eigenvalue weighted by Gasteiger charge is -2.20. The monoisotopic (exact) mass is 266 g/mol. The highest BCUT2D eigenvalue weighted by Crippen LogP contribution is 2.22. The number of carbonyl (C=O) groups excluding carboxylic acids is 1. The lowest BCUT2D eigenvalue weighted by atomic mass is 10.2. The first kappa shape index (κ1) is 14.9. The second kappa shape index (κ2) is 6.12. The first-order valence-corrected chi connectivity index (χ1v) is 6.00. The third-order valence-corrected chi connectivity index (χ3v) is 2.78. The SMILES string of the molecule is CCN(C)C(=O)C(C)Nc1nc(C)ccc1[N+](=O)[O-]. The number of nitrogens with zero attached hydrogens (tertiary/aromatic N) is 3. The minimum Gasteiger partial charge on any atom is -0.353 e. The lowest BCUT2D eigenvalue weighted by Crippen LogP contribution is -2.39. The van der Waals surface area contributed by atoms with Crippen molar-refractivity contribution >= 4 is 17.4 Å². The van der Waals surface area contributed by atoms with Crippen LogP contribution in [0.3, 0.4) is 0 Å². The molecule has 1 aromatic heterocycles. The van der Waals surface area contributed by atoms with E-state index in [1.165, 1.54) is 6.07 Å². The largest absolute Gasteiger partial charge is 0.353 e. The van der Waals surface area contributed by atoms with Crippen molar-refractivity contribution in [3.63, 3.8) is 0 Å². The van der Waals surface area contributed by atoms with E-state index in [9.17, 15) is 14.9 Å². The maximum Gasteiger partial charge on any atom is 0.311 e. The van der Waals surface area contributed by atoms with Gasteiger partial charge in [0.25, 0.3) is 0 Å². The Morgan fingerprint density at radius 3 is 2.74 bits per heavy atom. The molecule has 1 N–H and O–H groups in total. The average Bonchev–Trinajstić information content (AvgIpc) is 2.36. The number of likely N-dealkylation sites (N-methyl/N-ethyl adjacent to an activating group) is 1. The smallest absolute Gasteiger partial charge is 0.311 e. The molecule has 1 rings (SSSR count). The number of nitrogens with one attached hydrogen (secondary N) is 1. The molecule has 19 heavy (non-hydrogen) atoms. The minimum atomic E-state index is -0.571. The third kappa shape index (κ3) is 3.64. The third-order valence-electron chi connectivity index (χ3n) is 2.78. The molecule has 0 spiro atoms. The summed E-state index contributed by atoms with van der Waals surface area (Å²) in [6, 6.07) is 2.37. The summed E-state index contributed by atoms with van der Waals surface area (Å²) in [6.07, 6.45) is 0. The van der Waals surface area contributed by atoms with Gasteiger partial charge in [-0.1, -0.05) is 0 Å². The van der Waals surface area contributed by atoms with Crippen molar-refractivity contribution in [1.82, 2.24) is 9.88 Å². The Bertz CT molecular complexity index is 490. The highest BCUT2D eigenvalue weighted by Gasteiger charge is 2.21. The minimum absolute atomic E-state index is 0.121. The number of aryl methyl sites for hydroxylation is 1. The van der Waals surface area contributed by atoms with Crippen LogP contribution in [-0.2, 0) is 4.79 Å². The molecule has 0 bridgehead atoms. The van der Waals surface area contributed by atoms with Gasteiger partial charge in [-0.25, -0.2) is 4.98 Å². The molecular weight excluding hydrogens is 248 g/mol. The zero-order valence-corrected chi connectivity index (χ0v) is 11.5. The van der Waals surface area contributed by atoms with Gasteiger partial charge in [0.2, 0.25) is 11.7 Å². The Labute approximate surface area is 111 Å². The molecule has 7 nitrogen and oxygen atoms in total. The highest BCUT2D eigenvalue weighted by molar-refractivity contribution is 5.84. The van der Waals surface area contributed by atoms with Crippen molar-refractivity contribution in [3.05, 3.63) is 27.9 Å². The number of hydrogen-bond donors (Lipinski definition) is 1. The van der Waals surface area contributed by atoms with Crippen molar-refractivity contribution in [1.29, 1.82) is 0 Å². The quantitative estimate of drug-likeness (QED) is 0.645. The number of anilines is 1. The van der Waals surface area contributed by atoms with Gasteiger partial charge in [-0.15, -0.1) is 0 Å². The maximum atomic E-state index is 11.9. The van der Waals surface area contributed by atoms with E-state index < -0.39 is 11.0 Å². The van der Waals surface area contributed by atoms with Crippen molar-refractivity contribution in [2.24, 2.45) is 0 Å². The molecule has 1 amide bonds. The molecule has 0 aromatic carbocycles. The van der Waals surface area contributed by atoms with Gasteiger partial charge in [-0.2, -0.15) is 0 Å². The van der Waals surface area contributed by atoms with Crippen LogP contribution in [0.4, 0.5) is 11.5 Å². The maximum absolute atomic E-state index is 11.9. The van der Waals surface area contributed by atoms with E-state index in [4.69, 9.17) is 0 Å². The van der Waals surface area contributed by atoms with Crippen LogP contribution < -0.4 is 5.32 Å². The van der Waals surface area contributed by atoms with Gasteiger partial charge in [0.05, 0.1) is 4.92 Å². The Balaban J connectivity index is 2.95. The van der Waals surface area contributed by atoms with E-state index >= 15 is 0 Å². The molecule has 1 heterocycles. The van der Waals surface area contributed by atoms with Gasteiger partial charge >= 0.3 is 5.69 Å². The molecule has 0 saturated carbocycles. The molecule has 0 radical (unpaired) electrons. The van der Waals surface area contributed by atoms with Gasteiger partial charge in [0.1, 0.15) is 6.04 Å². The van der Waals surface area contributed by atoms with Gasteiger partial charge in [-0.3, -0.25) is 14.9 Å². The molecule has 0 saturated heterocycles. The lowest BCUT2D eigenvalue weighted by molar-refractivity contribution is -0.384. The van der Waals surface area contributed by atoms with Gasteiger partial charge < -0.3 is 10.2 Å². The van der Waals surface area contributed by atoms with Crippen molar-refractivity contribution in [3.8, 4) is 0 Å². The molecular formula is C12H18N4O3. The summed E-state index contributed by atoms with van der Waals surface area (Å²) in [5, 5.41) is 13.7. The predicted octanol–water partition coefficient (Wildman–Crippen LogP) is 1.58. The van der Waals surface area contributed by atoms with Crippen molar-refractivity contribution < 1.29 is 9.72 Å². The summed E-state index contributed by atoms with van der Waals surface area (Å²) in [4.78, 5) is 27.9. The number of pyridine rings is 1. The van der Waals surface area contributed by atoms with Crippen molar-refractivity contribution in [2.75, 3.05) is 18.9 Å². The number of amides is 1. The average molecular weight is 266 g/mol. The molecule has 0 aliphatic heterocycles. The van der Waals surface area contributed by atoms with Crippen LogP contribution in [0.1, 0.15) is 19.5 Å². The number of rotatable bonds is 5. The molecule has 0 fully saturated rings. The second-order valence-corrected chi connectivity index (χ2v) is 4.30. The van der Waals surface area contributed by atoms with E-state index in [2.05, 4.69) is 10.3 Å². The number of nitro groups is 1. The van der Waals surface area contributed by atoms with E-state index in [1.54, 1.807) is 31.9 Å². The number of hydrogen-bond acceptors (Lipinski definition) is 5. The zero-order valence-electron chi connectivity index (χ0n) is 11.5. The van der Waals surface area contributed by atoms with Crippen LogP contribution in [-0.4, -0.2) is 40.3 Å². The van der Waals surface area contributed by atoms with Crippen LogP contribution in [0.25, 0.3) is 0 Å². The van der Waals surface area contributed by atoms with E-state index in [1.807, 2.05) is 6.92 Å². The Kier molecular flexibility index (Phi) is 4.80. The summed E-state index contributed by atoms with van der Waals surface area (Å²) >= 11 is 0. The Hall–Kier alpha value is -2.18. The second-order valence-electron chi connectivity index (χ2n) is 4.30. The van der Waals surface area contributed by atoms with E-state index in [0.717, 1.165) is 0 Å². The molecule has 7 heteroatoms. The first-order valence-electron chi connectivity index (χ1n) is 6.00. The van der Waals surface area contributed by atoms with Crippen LogP contribution in [0.5, 0.6) is 0 Å². The summed E-state index contributed by atoms with van der Waals surface area (Å²) in [7, 11) is 1.68. The summed E-state index contributed by atoms with van der Waals surface area (Å²) < 4.78 is 0. The normalized spacial score (nSPS) is 11.8. The first-order chi connectivity index (χ1) is 8.86. The molecule has 1 atom stereocenters. The van der Waals surface area contributed by atoms with Gasteiger partial charge in [0, 0.05) is 25.4 Å². The Morgan fingerprint density at radius 2 is 2.21 bits per heavy atom. The van der Waals surface area contributed by atoms with Gasteiger partial charge in [-0.05, 0) is 26.8 Å². The molecule has 0 aliphatic rings. The molecule has 0 aliphatic carbocycles. The fourth-order valence-corrected chi connectivity index (χ4v) is 1.56. The predicted molar refractivity (Wildman–Crippen MR) is 72.0 cm³/mol. The fraction of sp³-hybridized carbons (Fsp3) is 0.500. The van der Waals surface area contributed by atoms with E-state index in [0.29, 0.717) is 12.2 Å². The standard InChI is InChI=1S/C12H18N4O3/c1-5-15(4)12(17)9(3)14-11-10(16(18)19)7-6-8(2)13-11/h6-7,9H,5H2,1-4H3,(H,13,14). The van der Waals surface area contributed by atoms with Crippen LogP contribution >= 0.6 is 0 Å². The number of aromatic nitrogens is 1. The van der Waals surface area contributed by atoms with Crippen LogP contribution in [0.2, 0.25) is 0 Å². The van der Waals surface area contributed by atoms with Gasteiger partial charge in [0.15, 0.2) is 0 Å². The van der Waals surface area contributed by atoms with Crippen LogP contribution in [0.15, 0.2) is 12.1 Å². The Morgan fingerprint density at radius 1 is 1.58 bits per heavy atom. The molecule has 1 unspecified atom stereocenters. The van der Waals surface area contributed by atoms with E-state index in [-0.39, 0.29) is 17.4 Å². The summed E-state index contributed by atoms with van der Waals surface area (Å²) in [5.74, 6) is -0.0181. The molecule has 104 valence electrons. The zero-order chi connectivity index (χ0) is 14.6. The van der Waals surface area contributed by atoms with Crippen molar-refractivity contribution in [2.45, 2.75) is 26.8 Å². The summed E-state index contributed by atoms with van der Waals surface area (Å²) in [5.41, 5.74) is 0.515. The van der Waals surface area contributed by atoms with Crippen LogP contribution in [0, 0.1) is 17.0 Å².